The van der Waals surface area contributed by atoms with E-state index in [1.807, 2.05) is 25.1 Å². The Morgan fingerprint density at radius 3 is 2.82 bits per heavy atom. The summed E-state index contributed by atoms with van der Waals surface area (Å²) < 4.78 is 11.9. The minimum Gasteiger partial charge on any atom is -0.493 e. The van der Waals surface area contributed by atoms with Crippen LogP contribution in [0.2, 0.25) is 0 Å². The van der Waals surface area contributed by atoms with E-state index in [9.17, 15) is 10.1 Å². The number of hydrogen-bond donors (Lipinski definition) is 2. The number of rotatable bonds is 3. The number of aryl methyl sites for hydroxylation is 1. The maximum absolute atomic E-state index is 12.4. The highest BCUT2D eigenvalue weighted by molar-refractivity contribution is 7.23. The zero-order valence-electron chi connectivity index (χ0n) is 15.6. The van der Waals surface area contributed by atoms with Crippen LogP contribution in [0.5, 0.6) is 11.5 Å². The highest BCUT2D eigenvalue weighted by Gasteiger charge is 2.34. The lowest BCUT2D eigenvalue weighted by atomic mass is 9.85. The van der Waals surface area contributed by atoms with Crippen LogP contribution in [0, 0.1) is 18.3 Å². The molecule has 1 aliphatic rings. The molecule has 2 aromatic heterocycles. The van der Waals surface area contributed by atoms with Gasteiger partial charge in [-0.15, -0.1) is 11.3 Å². The van der Waals surface area contributed by atoms with E-state index < -0.39 is 0 Å². The van der Waals surface area contributed by atoms with Crippen molar-refractivity contribution in [2.24, 2.45) is 0 Å². The number of fused-ring (bicyclic) bond motifs is 3. The average Bonchev–Trinajstić information content (AvgIpc) is 3.05. The van der Waals surface area contributed by atoms with Gasteiger partial charge in [0.1, 0.15) is 16.9 Å². The summed E-state index contributed by atoms with van der Waals surface area (Å²) in [5, 5.41) is 13.1. The largest absolute Gasteiger partial charge is 0.493 e. The van der Waals surface area contributed by atoms with Crippen LogP contribution in [0.1, 0.15) is 34.6 Å². The maximum Gasteiger partial charge on any atom is 0.225 e. The van der Waals surface area contributed by atoms with Gasteiger partial charge in [-0.25, -0.2) is 4.98 Å². The van der Waals surface area contributed by atoms with Crippen LogP contribution in [0.15, 0.2) is 18.2 Å². The molecule has 1 aliphatic heterocycles. The van der Waals surface area contributed by atoms with Crippen molar-refractivity contribution in [3.8, 4) is 17.6 Å². The fraction of sp³-hybridized carbons (Fsp3) is 0.250. The second-order valence-electron chi connectivity index (χ2n) is 6.52. The molecule has 0 unspecified atom stereocenters. The molecule has 3 N–H and O–H groups in total. The topological polar surface area (TPSA) is 110 Å². The number of aromatic nitrogens is 1. The predicted octanol–water partition coefficient (Wildman–Crippen LogP) is 3.55. The van der Waals surface area contributed by atoms with E-state index in [4.69, 9.17) is 15.2 Å². The summed E-state index contributed by atoms with van der Waals surface area (Å²) in [7, 11) is 3.16. The van der Waals surface area contributed by atoms with Gasteiger partial charge in [0.05, 0.1) is 30.0 Å². The molecule has 8 heteroatoms. The minimum absolute atomic E-state index is 0.0833. The van der Waals surface area contributed by atoms with Gasteiger partial charge in [-0.1, -0.05) is 12.1 Å². The highest BCUT2D eigenvalue weighted by Crippen LogP contribution is 2.50. The number of ether oxygens (including phenoxy) is 2. The Labute approximate surface area is 165 Å². The molecule has 0 fully saturated rings. The summed E-state index contributed by atoms with van der Waals surface area (Å²) >= 11 is 1.42. The molecule has 0 saturated carbocycles. The number of nitrogens with two attached hydrogens (primary N) is 1. The summed E-state index contributed by atoms with van der Waals surface area (Å²) in [5.41, 5.74) is 9.64. The fourth-order valence-corrected chi connectivity index (χ4v) is 4.98. The van der Waals surface area contributed by atoms with Gasteiger partial charge >= 0.3 is 0 Å². The monoisotopic (exact) mass is 394 g/mol. The maximum atomic E-state index is 12.4. The van der Waals surface area contributed by atoms with Crippen LogP contribution in [-0.2, 0) is 4.79 Å². The smallest absolute Gasteiger partial charge is 0.225 e. The molecule has 0 bridgehead atoms. The van der Waals surface area contributed by atoms with Crippen LogP contribution in [0.3, 0.4) is 0 Å². The SMILES string of the molecule is COc1cccc([C@@H]2CC(=O)Nc3sc4c(C)c(C#N)c(N)nc4c32)c1OC. The minimum atomic E-state index is -0.262. The average molecular weight is 394 g/mol. The van der Waals surface area contributed by atoms with Gasteiger partial charge in [0.25, 0.3) is 0 Å². The number of benzene rings is 1. The highest BCUT2D eigenvalue weighted by atomic mass is 32.1. The number of methoxy groups -OCH3 is 2. The number of thiophene rings is 1. The zero-order valence-corrected chi connectivity index (χ0v) is 16.4. The fourth-order valence-electron chi connectivity index (χ4n) is 3.76. The summed E-state index contributed by atoms with van der Waals surface area (Å²) in [6.45, 7) is 1.85. The van der Waals surface area contributed by atoms with Crippen LogP contribution in [-0.4, -0.2) is 25.1 Å². The summed E-state index contributed by atoms with van der Waals surface area (Å²) in [5.74, 6) is 1.04. The number of carbonyl (C=O) groups excluding carboxylic acids is 1. The van der Waals surface area contributed by atoms with Crippen molar-refractivity contribution in [2.75, 3.05) is 25.3 Å². The van der Waals surface area contributed by atoms with Crippen LogP contribution >= 0.6 is 11.3 Å². The van der Waals surface area contributed by atoms with Crippen LogP contribution < -0.4 is 20.5 Å². The lowest BCUT2D eigenvalue weighted by Gasteiger charge is -2.25. The number of carbonyl (C=O) groups is 1. The van der Waals surface area contributed by atoms with Crippen molar-refractivity contribution in [1.82, 2.24) is 4.98 Å². The van der Waals surface area contributed by atoms with E-state index in [1.54, 1.807) is 14.2 Å². The summed E-state index contributed by atoms with van der Waals surface area (Å²) in [4.78, 5) is 17.0. The molecule has 0 spiro atoms. The normalized spacial score (nSPS) is 15.6. The first-order chi connectivity index (χ1) is 13.5. The Kier molecular flexibility index (Phi) is 4.32. The summed E-state index contributed by atoms with van der Waals surface area (Å²) in [6.07, 6.45) is 0.253. The first-order valence-corrected chi connectivity index (χ1v) is 9.45. The molecule has 0 aliphatic carbocycles. The van der Waals surface area contributed by atoms with Crippen LogP contribution in [0.25, 0.3) is 10.2 Å². The third-order valence-corrected chi connectivity index (χ3v) is 6.26. The molecule has 3 heterocycles. The number of pyridine rings is 1. The molecular weight excluding hydrogens is 376 g/mol. The van der Waals surface area contributed by atoms with E-state index >= 15 is 0 Å². The number of amides is 1. The van der Waals surface area contributed by atoms with Crippen molar-refractivity contribution in [2.45, 2.75) is 19.3 Å². The zero-order chi connectivity index (χ0) is 20.0. The van der Waals surface area contributed by atoms with E-state index in [0.29, 0.717) is 22.6 Å². The first kappa shape index (κ1) is 18.1. The van der Waals surface area contributed by atoms with Crippen molar-refractivity contribution >= 4 is 38.3 Å². The Bertz CT molecular complexity index is 1160. The first-order valence-electron chi connectivity index (χ1n) is 8.63. The Morgan fingerprint density at radius 1 is 1.36 bits per heavy atom. The Hall–Kier alpha value is -3.31. The second kappa shape index (κ2) is 6.69. The molecule has 28 heavy (non-hydrogen) atoms. The van der Waals surface area contributed by atoms with Gasteiger partial charge < -0.3 is 20.5 Å². The summed E-state index contributed by atoms with van der Waals surface area (Å²) in [6, 6.07) is 7.73. The number of anilines is 2. The number of nitrogen functional groups attached to an aromatic ring is 1. The lowest BCUT2D eigenvalue weighted by molar-refractivity contribution is -0.116. The molecule has 0 radical (unpaired) electrons. The van der Waals surface area contributed by atoms with E-state index in [2.05, 4.69) is 16.4 Å². The van der Waals surface area contributed by atoms with Gasteiger partial charge in [-0.05, 0) is 18.6 Å². The van der Waals surface area contributed by atoms with Gasteiger partial charge in [0.15, 0.2) is 11.5 Å². The number of nitrogens with zero attached hydrogens (tertiary/aromatic N) is 2. The molecule has 1 amide bonds. The third-order valence-electron chi connectivity index (χ3n) is 5.03. The van der Waals surface area contributed by atoms with E-state index in [-0.39, 0.29) is 24.1 Å². The molecule has 7 nitrogen and oxygen atoms in total. The Morgan fingerprint density at radius 2 is 2.14 bits per heavy atom. The van der Waals surface area contributed by atoms with Gasteiger partial charge in [-0.3, -0.25) is 4.79 Å². The molecular formula is C20H18N4O3S. The van der Waals surface area contributed by atoms with Crippen molar-refractivity contribution in [3.63, 3.8) is 0 Å². The standard InChI is InChI=1S/C20H18N4O3S/c1-9-12(8-21)19(22)24-16-15-11(7-14(25)23-20(15)28-18(9)16)10-5-4-6-13(26-2)17(10)27-3/h4-6,11H,7H2,1-3H3,(H2,22,24)(H,23,25)/t11-/m0/s1. The van der Waals surface area contributed by atoms with Gasteiger partial charge in [0, 0.05) is 23.5 Å². The van der Waals surface area contributed by atoms with Crippen molar-refractivity contribution in [1.29, 1.82) is 5.26 Å². The van der Waals surface area contributed by atoms with Crippen molar-refractivity contribution in [3.05, 3.63) is 40.5 Å². The van der Waals surface area contributed by atoms with E-state index in [0.717, 1.165) is 26.4 Å². The number of para-hydroxylation sites is 1. The number of hydrogen-bond acceptors (Lipinski definition) is 7. The second-order valence-corrected chi connectivity index (χ2v) is 7.54. The van der Waals surface area contributed by atoms with Crippen LogP contribution in [0.4, 0.5) is 10.8 Å². The number of nitriles is 1. The molecule has 142 valence electrons. The molecule has 1 aromatic carbocycles. The van der Waals surface area contributed by atoms with E-state index in [1.165, 1.54) is 11.3 Å². The molecule has 3 aromatic rings. The molecule has 1 atom stereocenters. The van der Waals surface area contributed by atoms with Crippen molar-refractivity contribution < 1.29 is 14.3 Å². The van der Waals surface area contributed by atoms with Gasteiger partial charge in [-0.2, -0.15) is 5.26 Å². The molecule has 4 rings (SSSR count). The quantitative estimate of drug-likeness (QED) is 0.703. The predicted molar refractivity (Wildman–Crippen MR) is 108 cm³/mol. The lowest BCUT2D eigenvalue weighted by Crippen LogP contribution is -2.22. The molecule has 0 saturated heterocycles. The number of nitrogens with one attached hydrogen (secondary N) is 1. The third kappa shape index (κ3) is 2.55. The van der Waals surface area contributed by atoms with Gasteiger partial charge in [0.2, 0.25) is 5.91 Å². The Balaban J connectivity index is 2.03.